The Morgan fingerprint density at radius 2 is 1.95 bits per heavy atom. The highest BCUT2D eigenvalue weighted by molar-refractivity contribution is 5.38. The minimum absolute atomic E-state index is 0.336. The molecule has 1 aromatic heterocycles. The van der Waals surface area contributed by atoms with Gasteiger partial charge in [0.25, 0.3) is 0 Å². The molecule has 0 saturated carbocycles. The Hall–Kier alpha value is -1.13. The van der Waals surface area contributed by atoms with E-state index in [2.05, 4.69) is 53.0 Å². The van der Waals surface area contributed by atoms with Crippen molar-refractivity contribution in [2.24, 2.45) is 5.41 Å². The number of pyridine rings is 1. The number of hydrogen-bond donors (Lipinski definition) is 1. The second kappa shape index (κ2) is 7.04. The summed E-state index contributed by atoms with van der Waals surface area (Å²) >= 11 is 0. The van der Waals surface area contributed by atoms with Crippen LogP contribution in [0.15, 0.2) is 24.4 Å². The number of hydrogen-bond acceptors (Lipinski definition) is 4. The van der Waals surface area contributed by atoms with Gasteiger partial charge < -0.3 is 10.2 Å². The Kier molecular flexibility index (Phi) is 5.38. The van der Waals surface area contributed by atoms with Gasteiger partial charge in [0, 0.05) is 45.5 Å². The molecule has 1 fully saturated rings. The SMILES string of the molecule is CCNCC(C)(C)CN1CCN(c2ccccn2)CC1. The second-order valence-electron chi connectivity index (χ2n) is 6.40. The molecule has 0 aliphatic carbocycles. The van der Waals surface area contributed by atoms with E-state index >= 15 is 0 Å². The van der Waals surface area contributed by atoms with Crippen LogP contribution in [0.25, 0.3) is 0 Å². The fourth-order valence-electron chi connectivity index (χ4n) is 2.80. The molecule has 1 N–H and O–H groups in total. The molecule has 1 aliphatic rings. The van der Waals surface area contributed by atoms with Gasteiger partial charge in [-0.25, -0.2) is 4.98 Å². The molecule has 0 radical (unpaired) electrons. The molecular formula is C16H28N4. The third-order valence-corrected chi connectivity index (χ3v) is 3.85. The van der Waals surface area contributed by atoms with E-state index < -0.39 is 0 Å². The van der Waals surface area contributed by atoms with Crippen LogP contribution >= 0.6 is 0 Å². The molecule has 0 amide bonds. The zero-order chi connectivity index (χ0) is 14.4. The van der Waals surface area contributed by atoms with Gasteiger partial charge in [0.15, 0.2) is 0 Å². The Morgan fingerprint density at radius 3 is 2.55 bits per heavy atom. The van der Waals surface area contributed by atoms with Gasteiger partial charge in [0.2, 0.25) is 0 Å². The Labute approximate surface area is 123 Å². The van der Waals surface area contributed by atoms with Crippen LogP contribution in [0.2, 0.25) is 0 Å². The van der Waals surface area contributed by atoms with Crippen LogP contribution in [-0.4, -0.2) is 55.7 Å². The first-order valence-electron chi connectivity index (χ1n) is 7.70. The van der Waals surface area contributed by atoms with Crippen LogP contribution in [0.5, 0.6) is 0 Å². The fraction of sp³-hybridized carbons (Fsp3) is 0.688. The van der Waals surface area contributed by atoms with Crippen molar-refractivity contribution < 1.29 is 0 Å². The lowest BCUT2D eigenvalue weighted by molar-refractivity contribution is 0.167. The fourth-order valence-corrected chi connectivity index (χ4v) is 2.80. The summed E-state index contributed by atoms with van der Waals surface area (Å²) in [5.41, 5.74) is 0.336. The summed E-state index contributed by atoms with van der Waals surface area (Å²) in [5.74, 6) is 1.11. The van der Waals surface area contributed by atoms with E-state index in [-0.39, 0.29) is 0 Å². The monoisotopic (exact) mass is 276 g/mol. The van der Waals surface area contributed by atoms with E-state index in [9.17, 15) is 0 Å². The molecule has 0 aromatic carbocycles. The summed E-state index contributed by atoms with van der Waals surface area (Å²) in [6.07, 6.45) is 1.88. The highest BCUT2D eigenvalue weighted by Gasteiger charge is 2.24. The molecular weight excluding hydrogens is 248 g/mol. The van der Waals surface area contributed by atoms with Crippen LogP contribution in [0.1, 0.15) is 20.8 Å². The molecule has 1 aromatic rings. The van der Waals surface area contributed by atoms with Crippen molar-refractivity contribution in [1.29, 1.82) is 0 Å². The zero-order valence-electron chi connectivity index (χ0n) is 13.1. The predicted octanol–water partition coefficient (Wildman–Crippen LogP) is 1.84. The highest BCUT2D eigenvalue weighted by atomic mass is 15.3. The molecule has 1 saturated heterocycles. The van der Waals surface area contributed by atoms with Crippen molar-refractivity contribution in [1.82, 2.24) is 15.2 Å². The molecule has 0 unspecified atom stereocenters. The summed E-state index contributed by atoms with van der Waals surface area (Å²) in [6, 6.07) is 6.14. The summed E-state index contributed by atoms with van der Waals surface area (Å²) in [4.78, 5) is 9.40. The molecule has 112 valence electrons. The van der Waals surface area contributed by atoms with Crippen molar-refractivity contribution in [3.05, 3.63) is 24.4 Å². The first-order chi connectivity index (χ1) is 9.61. The second-order valence-corrected chi connectivity index (χ2v) is 6.40. The van der Waals surface area contributed by atoms with Crippen molar-refractivity contribution in [2.75, 3.05) is 50.7 Å². The molecule has 4 heteroatoms. The average Bonchev–Trinajstić information content (AvgIpc) is 2.46. The summed E-state index contributed by atoms with van der Waals surface area (Å²) < 4.78 is 0. The molecule has 2 heterocycles. The van der Waals surface area contributed by atoms with Crippen molar-refractivity contribution >= 4 is 5.82 Å². The number of piperazine rings is 1. The minimum atomic E-state index is 0.336. The van der Waals surface area contributed by atoms with Gasteiger partial charge in [0.05, 0.1) is 0 Å². The molecule has 20 heavy (non-hydrogen) atoms. The third-order valence-electron chi connectivity index (χ3n) is 3.85. The number of nitrogens with one attached hydrogen (secondary N) is 1. The first-order valence-corrected chi connectivity index (χ1v) is 7.70. The quantitative estimate of drug-likeness (QED) is 0.859. The van der Waals surface area contributed by atoms with Crippen LogP contribution in [0.4, 0.5) is 5.82 Å². The van der Waals surface area contributed by atoms with Crippen LogP contribution in [0, 0.1) is 5.41 Å². The van der Waals surface area contributed by atoms with Crippen LogP contribution in [0.3, 0.4) is 0 Å². The first kappa shape index (κ1) is 15.3. The maximum absolute atomic E-state index is 4.44. The van der Waals surface area contributed by atoms with Crippen molar-refractivity contribution in [2.45, 2.75) is 20.8 Å². The molecule has 0 spiro atoms. The van der Waals surface area contributed by atoms with E-state index in [0.29, 0.717) is 5.41 Å². The number of nitrogens with zero attached hydrogens (tertiary/aromatic N) is 3. The molecule has 1 aliphatic heterocycles. The Bertz CT molecular complexity index is 383. The van der Waals surface area contributed by atoms with E-state index in [1.54, 1.807) is 0 Å². The Morgan fingerprint density at radius 1 is 1.20 bits per heavy atom. The summed E-state index contributed by atoms with van der Waals surface area (Å²) in [7, 11) is 0. The highest BCUT2D eigenvalue weighted by Crippen LogP contribution is 2.18. The summed E-state index contributed by atoms with van der Waals surface area (Å²) in [5, 5.41) is 3.47. The normalized spacial score (nSPS) is 17.4. The van der Waals surface area contributed by atoms with E-state index in [4.69, 9.17) is 0 Å². The van der Waals surface area contributed by atoms with Crippen molar-refractivity contribution in [3.8, 4) is 0 Å². The topological polar surface area (TPSA) is 31.4 Å². The lowest BCUT2D eigenvalue weighted by atomic mass is 9.92. The van der Waals surface area contributed by atoms with Gasteiger partial charge in [-0.2, -0.15) is 0 Å². The number of anilines is 1. The average molecular weight is 276 g/mol. The van der Waals surface area contributed by atoms with Crippen molar-refractivity contribution in [3.63, 3.8) is 0 Å². The summed E-state index contributed by atoms with van der Waals surface area (Å²) in [6.45, 7) is 14.6. The smallest absolute Gasteiger partial charge is 0.128 e. The standard InChI is InChI=1S/C16H28N4/c1-4-17-13-16(2,3)14-19-9-11-20(12-10-19)15-7-5-6-8-18-15/h5-8,17H,4,9-14H2,1-3H3. The Balaban J connectivity index is 1.79. The van der Waals surface area contributed by atoms with Gasteiger partial charge in [-0.05, 0) is 24.1 Å². The zero-order valence-corrected chi connectivity index (χ0v) is 13.1. The predicted molar refractivity (Wildman–Crippen MR) is 85.2 cm³/mol. The lowest BCUT2D eigenvalue weighted by Crippen LogP contribution is -2.50. The van der Waals surface area contributed by atoms with Crippen LogP contribution in [-0.2, 0) is 0 Å². The third kappa shape index (κ3) is 4.46. The van der Waals surface area contributed by atoms with Gasteiger partial charge in [0.1, 0.15) is 5.82 Å². The number of aromatic nitrogens is 1. The van der Waals surface area contributed by atoms with Gasteiger partial charge in [-0.3, -0.25) is 4.90 Å². The largest absolute Gasteiger partial charge is 0.354 e. The van der Waals surface area contributed by atoms with Gasteiger partial charge in [-0.15, -0.1) is 0 Å². The maximum atomic E-state index is 4.44. The van der Waals surface area contributed by atoms with E-state index in [0.717, 1.165) is 51.6 Å². The van der Waals surface area contributed by atoms with Gasteiger partial charge >= 0.3 is 0 Å². The van der Waals surface area contributed by atoms with E-state index in [1.807, 2.05) is 12.3 Å². The minimum Gasteiger partial charge on any atom is -0.354 e. The molecule has 0 atom stereocenters. The maximum Gasteiger partial charge on any atom is 0.128 e. The van der Waals surface area contributed by atoms with Gasteiger partial charge in [-0.1, -0.05) is 26.8 Å². The molecule has 0 bridgehead atoms. The van der Waals surface area contributed by atoms with Crippen LogP contribution < -0.4 is 10.2 Å². The van der Waals surface area contributed by atoms with E-state index in [1.165, 1.54) is 0 Å². The lowest BCUT2D eigenvalue weighted by Gasteiger charge is -2.39. The number of rotatable bonds is 6. The molecule has 4 nitrogen and oxygen atoms in total. The molecule has 2 rings (SSSR count).